The van der Waals surface area contributed by atoms with E-state index in [0.29, 0.717) is 26.4 Å². The Balaban J connectivity index is 2.14. The van der Waals surface area contributed by atoms with Crippen molar-refractivity contribution in [2.45, 2.75) is 0 Å². The van der Waals surface area contributed by atoms with Crippen LogP contribution in [0.2, 0.25) is 0 Å². The van der Waals surface area contributed by atoms with Crippen molar-refractivity contribution in [3.63, 3.8) is 0 Å². The molecule has 0 unspecified atom stereocenters. The lowest BCUT2D eigenvalue weighted by Crippen LogP contribution is -2.09. The summed E-state index contributed by atoms with van der Waals surface area (Å²) in [5, 5.41) is 8.58. The van der Waals surface area contributed by atoms with Gasteiger partial charge in [-0.05, 0) is 6.07 Å². The molecule has 0 amide bonds. The number of hydrogen-bond donors (Lipinski definition) is 1. The predicted molar refractivity (Wildman–Crippen MR) is 53.9 cm³/mol. The van der Waals surface area contributed by atoms with Crippen molar-refractivity contribution >= 4 is 5.97 Å². The summed E-state index contributed by atoms with van der Waals surface area (Å²) >= 11 is 0. The minimum absolute atomic E-state index is 0.143. The lowest BCUT2D eigenvalue weighted by Gasteiger charge is -2.03. The van der Waals surface area contributed by atoms with Crippen LogP contribution in [-0.4, -0.2) is 44.6 Å². The van der Waals surface area contributed by atoms with Crippen LogP contribution in [0.25, 0.3) is 0 Å². The molecule has 0 radical (unpaired) electrons. The largest absolute Gasteiger partial charge is 0.475 e. The average molecular weight is 230 g/mol. The van der Waals surface area contributed by atoms with Crippen LogP contribution in [0.15, 0.2) is 16.5 Å². The van der Waals surface area contributed by atoms with E-state index in [1.807, 2.05) is 0 Å². The van der Waals surface area contributed by atoms with Gasteiger partial charge in [0.15, 0.2) is 0 Å². The summed E-state index contributed by atoms with van der Waals surface area (Å²) in [5.74, 6) is -1.09. The van der Waals surface area contributed by atoms with E-state index in [1.54, 1.807) is 7.11 Å². The fourth-order valence-corrected chi connectivity index (χ4v) is 0.958. The molecule has 6 nitrogen and oxygen atoms in total. The topological polar surface area (TPSA) is 78.1 Å². The second-order valence-electron chi connectivity index (χ2n) is 2.88. The van der Waals surface area contributed by atoms with Gasteiger partial charge >= 0.3 is 5.97 Å². The molecule has 0 aliphatic heterocycles. The second-order valence-corrected chi connectivity index (χ2v) is 2.88. The zero-order valence-electron chi connectivity index (χ0n) is 8.97. The molecule has 0 aliphatic rings. The Labute approximate surface area is 92.7 Å². The highest BCUT2D eigenvalue weighted by atomic mass is 16.6. The third kappa shape index (κ3) is 4.33. The highest BCUT2D eigenvalue weighted by Crippen LogP contribution is 2.15. The molecule has 0 saturated heterocycles. The predicted octanol–water partition coefficient (Wildman–Crippen LogP) is 1.02. The van der Waals surface area contributed by atoms with E-state index in [-0.39, 0.29) is 11.7 Å². The molecule has 1 heterocycles. The summed E-state index contributed by atoms with van der Waals surface area (Å²) in [6.45, 7) is 1.73. The third-order valence-electron chi connectivity index (χ3n) is 1.70. The molecule has 90 valence electrons. The van der Waals surface area contributed by atoms with Crippen LogP contribution >= 0.6 is 0 Å². The quantitative estimate of drug-likeness (QED) is 0.672. The fourth-order valence-electron chi connectivity index (χ4n) is 0.958. The Kier molecular flexibility index (Phi) is 5.38. The zero-order chi connectivity index (χ0) is 11.8. The normalized spacial score (nSPS) is 10.3. The summed E-state index contributed by atoms with van der Waals surface area (Å²) in [6, 6.07) is 2.79. The highest BCUT2D eigenvalue weighted by molar-refractivity contribution is 5.84. The molecule has 1 rings (SSSR count). The lowest BCUT2D eigenvalue weighted by molar-refractivity contribution is 0.0488. The van der Waals surface area contributed by atoms with E-state index in [1.165, 1.54) is 12.1 Å². The monoisotopic (exact) mass is 230 g/mol. The molecule has 0 aromatic carbocycles. The number of aromatic carboxylic acids is 1. The van der Waals surface area contributed by atoms with Gasteiger partial charge in [0.2, 0.25) is 5.76 Å². The van der Waals surface area contributed by atoms with Gasteiger partial charge in [-0.2, -0.15) is 0 Å². The summed E-state index contributed by atoms with van der Waals surface area (Å²) in [4.78, 5) is 10.5. The van der Waals surface area contributed by atoms with E-state index in [4.69, 9.17) is 23.7 Å². The number of ether oxygens (including phenoxy) is 3. The number of hydrogen-bond acceptors (Lipinski definition) is 5. The summed E-state index contributed by atoms with van der Waals surface area (Å²) in [5.41, 5.74) is 0. The maximum Gasteiger partial charge on any atom is 0.371 e. The number of carboxylic acid groups (broad SMARTS) is 1. The molecule has 0 spiro atoms. The van der Waals surface area contributed by atoms with Crippen LogP contribution in [0.4, 0.5) is 0 Å². The van der Waals surface area contributed by atoms with Crippen LogP contribution in [0.5, 0.6) is 5.95 Å². The van der Waals surface area contributed by atoms with Crippen molar-refractivity contribution in [2.24, 2.45) is 0 Å². The molecule has 16 heavy (non-hydrogen) atoms. The molecule has 0 bridgehead atoms. The van der Waals surface area contributed by atoms with Crippen molar-refractivity contribution in [1.29, 1.82) is 0 Å². The Morgan fingerprint density at radius 3 is 2.69 bits per heavy atom. The highest BCUT2D eigenvalue weighted by Gasteiger charge is 2.09. The van der Waals surface area contributed by atoms with Gasteiger partial charge in [0.05, 0.1) is 19.8 Å². The average Bonchev–Trinajstić information content (AvgIpc) is 2.72. The van der Waals surface area contributed by atoms with Gasteiger partial charge in [-0.15, -0.1) is 0 Å². The van der Waals surface area contributed by atoms with Crippen LogP contribution < -0.4 is 4.74 Å². The standard InChI is InChI=1S/C10H14O6/c1-13-4-5-14-6-7-15-9-3-2-8(16-9)10(11)12/h2-3H,4-7H2,1H3,(H,11,12). The number of methoxy groups -OCH3 is 1. The zero-order valence-corrected chi connectivity index (χ0v) is 8.97. The van der Waals surface area contributed by atoms with E-state index in [9.17, 15) is 4.79 Å². The first-order valence-corrected chi connectivity index (χ1v) is 4.76. The fraction of sp³-hybridized carbons (Fsp3) is 0.500. The molecule has 1 aromatic rings. The molecule has 1 N–H and O–H groups in total. The van der Waals surface area contributed by atoms with Gasteiger partial charge in [0.1, 0.15) is 6.61 Å². The van der Waals surface area contributed by atoms with E-state index in [0.717, 1.165) is 0 Å². The number of carboxylic acids is 1. The molecule has 0 aliphatic carbocycles. The van der Waals surface area contributed by atoms with Gasteiger partial charge in [-0.1, -0.05) is 0 Å². The van der Waals surface area contributed by atoms with Gasteiger partial charge in [-0.3, -0.25) is 0 Å². The van der Waals surface area contributed by atoms with Crippen molar-refractivity contribution < 1.29 is 28.5 Å². The Hall–Kier alpha value is -1.53. The van der Waals surface area contributed by atoms with Gasteiger partial charge in [0, 0.05) is 13.2 Å². The summed E-state index contributed by atoms with van der Waals surface area (Å²) in [7, 11) is 1.59. The Morgan fingerprint density at radius 1 is 1.31 bits per heavy atom. The van der Waals surface area contributed by atoms with Gasteiger partial charge in [0.25, 0.3) is 5.95 Å². The van der Waals surface area contributed by atoms with Crippen molar-refractivity contribution in [2.75, 3.05) is 33.5 Å². The SMILES string of the molecule is COCCOCCOc1ccc(C(=O)O)o1. The maximum atomic E-state index is 10.5. The van der Waals surface area contributed by atoms with Crippen molar-refractivity contribution in [3.05, 3.63) is 17.9 Å². The van der Waals surface area contributed by atoms with Crippen LogP contribution in [0, 0.1) is 0 Å². The first-order chi connectivity index (χ1) is 7.74. The number of carbonyl (C=O) groups is 1. The second kappa shape index (κ2) is 6.86. The molecule has 1 aromatic heterocycles. The minimum Gasteiger partial charge on any atom is -0.475 e. The lowest BCUT2D eigenvalue weighted by atomic mass is 10.5. The smallest absolute Gasteiger partial charge is 0.371 e. The van der Waals surface area contributed by atoms with Crippen molar-refractivity contribution in [3.8, 4) is 5.95 Å². The van der Waals surface area contributed by atoms with Crippen LogP contribution in [0.3, 0.4) is 0 Å². The summed E-state index contributed by atoms with van der Waals surface area (Å²) < 4.78 is 19.9. The molecular weight excluding hydrogens is 216 g/mol. The molecule has 0 saturated carbocycles. The summed E-state index contributed by atoms with van der Waals surface area (Å²) in [6.07, 6.45) is 0. The van der Waals surface area contributed by atoms with Crippen LogP contribution in [-0.2, 0) is 9.47 Å². The Bertz CT molecular complexity index is 319. The number of rotatable bonds is 8. The first-order valence-electron chi connectivity index (χ1n) is 4.76. The maximum absolute atomic E-state index is 10.5. The molecule has 0 fully saturated rings. The van der Waals surface area contributed by atoms with Gasteiger partial charge < -0.3 is 23.7 Å². The Morgan fingerprint density at radius 2 is 2.06 bits per heavy atom. The van der Waals surface area contributed by atoms with E-state index >= 15 is 0 Å². The number of furan rings is 1. The third-order valence-corrected chi connectivity index (χ3v) is 1.70. The first kappa shape index (κ1) is 12.5. The minimum atomic E-state index is -1.12. The molecule has 6 heteroatoms. The van der Waals surface area contributed by atoms with Crippen LogP contribution in [0.1, 0.15) is 10.6 Å². The molecule has 0 atom stereocenters. The van der Waals surface area contributed by atoms with Crippen molar-refractivity contribution in [1.82, 2.24) is 0 Å². The van der Waals surface area contributed by atoms with E-state index in [2.05, 4.69) is 0 Å². The van der Waals surface area contributed by atoms with E-state index < -0.39 is 5.97 Å². The van der Waals surface area contributed by atoms with Gasteiger partial charge in [-0.25, -0.2) is 4.79 Å². The molecular formula is C10H14O6.